The van der Waals surface area contributed by atoms with Gasteiger partial charge in [0.05, 0.1) is 11.9 Å². The van der Waals surface area contributed by atoms with Crippen LogP contribution in [0.15, 0.2) is 60.9 Å². The van der Waals surface area contributed by atoms with E-state index >= 15 is 0 Å². The average molecular weight is 338 g/mol. The van der Waals surface area contributed by atoms with Crippen molar-refractivity contribution in [1.82, 2.24) is 20.4 Å². The van der Waals surface area contributed by atoms with Gasteiger partial charge in [-0.3, -0.25) is 0 Å². The lowest BCUT2D eigenvalue weighted by atomic mass is 10.1. The highest BCUT2D eigenvalue weighted by atomic mass is 19.1. The van der Waals surface area contributed by atoms with E-state index in [0.717, 1.165) is 16.8 Å². The summed E-state index contributed by atoms with van der Waals surface area (Å²) in [6.45, 7) is 2.42. The zero-order valence-corrected chi connectivity index (χ0v) is 13.9. The Bertz CT molecular complexity index is 861. The Kier molecular flexibility index (Phi) is 5.09. The number of nitrogens with zero attached hydrogens (tertiary/aromatic N) is 2. The predicted molar refractivity (Wildman–Crippen MR) is 93.8 cm³/mol. The number of hydrogen-bond acceptors (Lipinski definition) is 2. The number of carbonyl (C=O) groups is 1. The van der Waals surface area contributed by atoms with Crippen molar-refractivity contribution in [3.05, 3.63) is 83.4 Å². The van der Waals surface area contributed by atoms with Crippen LogP contribution in [-0.4, -0.2) is 15.8 Å². The highest BCUT2D eigenvalue weighted by Crippen LogP contribution is 2.09. The maximum absolute atomic E-state index is 13.2. The van der Waals surface area contributed by atoms with Crippen LogP contribution in [0.5, 0.6) is 0 Å². The largest absolute Gasteiger partial charge is 0.334 e. The summed E-state index contributed by atoms with van der Waals surface area (Å²) in [6.07, 6.45) is 3.59. The molecule has 0 unspecified atom stereocenters. The number of urea groups is 1. The van der Waals surface area contributed by atoms with Gasteiger partial charge in [0.15, 0.2) is 0 Å². The van der Waals surface area contributed by atoms with E-state index in [0.29, 0.717) is 18.7 Å². The van der Waals surface area contributed by atoms with Gasteiger partial charge in [0.25, 0.3) is 0 Å². The van der Waals surface area contributed by atoms with Crippen LogP contribution in [0.2, 0.25) is 0 Å². The van der Waals surface area contributed by atoms with Crippen molar-refractivity contribution in [2.45, 2.75) is 20.0 Å². The summed E-state index contributed by atoms with van der Waals surface area (Å²) in [7, 11) is 0. The molecule has 2 N–H and O–H groups in total. The molecule has 6 heteroatoms. The van der Waals surface area contributed by atoms with Crippen molar-refractivity contribution in [3.8, 4) is 5.69 Å². The zero-order valence-electron chi connectivity index (χ0n) is 13.9. The number of aryl methyl sites for hydroxylation is 1. The van der Waals surface area contributed by atoms with Crippen molar-refractivity contribution >= 4 is 6.03 Å². The lowest BCUT2D eigenvalue weighted by Crippen LogP contribution is -2.34. The molecule has 0 spiro atoms. The molecular formula is C19H19FN4O. The van der Waals surface area contributed by atoms with Crippen LogP contribution in [0, 0.1) is 12.7 Å². The first-order valence-corrected chi connectivity index (χ1v) is 7.97. The third-order valence-corrected chi connectivity index (χ3v) is 3.79. The first-order chi connectivity index (χ1) is 12.1. The summed E-state index contributed by atoms with van der Waals surface area (Å²) in [5.41, 5.74) is 3.28. The molecule has 1 aromatic heterocycles. The van der Waals surface area contributed by atoms with Crippen LogP contribution in [-0.2, 0) is 13.1 Å². The third-order valence-electron chi connectivity index (χ3n) is 3.79. The van der Waals surface area contributed by atoms with Gasteiger partial charge in [-0.05, 0) is 36.2 Å². The molecule has 25 heavy (non-hydrogen) atoms. The van der Waals surface area contributed by atoms with E-state index in [2.05, 4.69) is 15.7 Å². The molecule has 0 aliphatic carbocycles. The summed E-state index contributed by atoms with van der Waals surface area (Å²) in [5, 5.41) is 9.82. The highest BCUT2D eigenvalue weighted by Gasteiger charge is 2.05. The number of benzene rings is 2. The number of carbonyl (C=O) groups excluding carboxylic acids is 1. The molecule has 3 aromatic rings. The maximum atomic E-state index is 13.2. The summed E-state index contributed by atoms with van der Waals surface area (Å²) in [5.74, 6) is -0.247. The average Bonchev–Trinajstić information content (AvgIpc) is 3.11. The van der Waals surface area contributed by atoms with Crippen LogP contribution in [0.1, 0.15) is 16.7 Å². The van der Waals surface area contributed by atoms with Gasteiger partial charge in [-0.15, -0.1) is 0 Å². The quantitative estimate of drug-likeness (QED) is 0.750. The lowest BCUT2D eigenvalue weighted by Gasteiger charge is -2.07. The van der Waals surface area contributed by atoms with Gasteiger partial charge >= 0.3 is 6.03 Å². The van der Waals surface area contributed by atoms with Gasteiger partial charge in [0.2, 0.25) is 0 Å². The second kappa shape index (κ2) is 7.61. The molecule has 0 saturated carbocycles. The predicted octanol–water partition coefficient (Wildman–Crippen LogP) is 3.32. The summed E-state index contributed by atoms with van der Waals surface area (Å²) >= 11 is 0. The number of aromatic nitrogens is 2. The fourth-order valence-electron chi connectivity index (χ4n) is 2.42. The van der Waals surface area contributed by atoms with E-state index in [4.69, 9.17) is 0 Å². The van der Waals surface area contributed by atoms with E-state index in [1.807, 2.05) is 36.5 Å². The Morgan fingerprint density at radius 2 is 1.80 bits per heavy atom. The van der Waals surface area contributed by atoms with Gasteiger partial charge in [0.1, 0.15) is 5.82 Å². The first-order valence-electron chi connectivity index (χ1n) is 7.97. The van der Waals surface area contributed by atoms with E-state index in [-0.39, 0.29) is 11.8 Å². The smallest absolute Gasteiger partial charge is 0.315 e. The number of para-hydroxylation sites is 1. The van der Waals surface area contributed by atoms with Gasteiger partial charge in [-0.2, -0.15) is 5.10 Å². The van der Waals surface area contributed by atoms with Crippen LogP contribution >= 0.6 is 0 Å². The number of halogens is 1. The van der Waals surface area contributed by atoms with Crippen molar-refractivity contribution in [2.75, 3.05) is 0 Å². The normalized spacial score (nSPS) is 10.5. The van der Waals surface area contributed by atoms with E-state index in [1.54, 1.807) is 29.9 Å². The molecule has 5 nitrogen and oxygen atoms in total. The lowest BCUT2D eigenvalue weighted by molar-refractivity contribution is 0.240. The van der Waals surface area contributed by atoms with E-state index in [1.165, 1.54) is 6.07 Å². The molecule has 3 rings (SSSR count). The molecule has 2 aromatic carbocycles. The van der Waals surface area contributed by atoms with Crippen LogP contribution in [0.4, 0.5) is 9.18 Å². The highest BCUT2D eigenvalue weighted by molar-refractivity contribution is 5.73. The minimum Gasteiger partial charge on any atom is -0.334 e. The van der Waals surface area contributed by atoms with Crippen LogP contribution in [0.3, 0.4) is 0 Å². The van der Waals surface area contributed by atoms with Crippen molar-refractivity contribution in [2.24, 2.45) is 0 Å². The molecule has 0 aliphatic rings. The third kappa shape index (κ3) is 4.44. The molecule has 0 fully saturated rings. The Balaban J connectivity index is 1.49. The first kappa shape index (κ1) is 16.7. The number of amides is 2. The summed E-state index contributed by atoms with van der Waals surface area (Å²) < 4.78 is 15.0. The fourth-order valence-corrected chi connectivity index (χ4v) is 2.42. The number of hydrogen-bond donors (Lipinski definition) is 2. The SMILES string of the molecule is Cc1cc(CNC(=O)NCc2cnn(-c3ccccc3)c2)ccc1F. The Morgan fingerprint density at radius 3 is 2.52 bits per heavy atom. The second-order valence-electron chi connectivity index (χ2n) is 5.75. The van der Waals surface area contributed by atoms with Gasteiger partial charge in [0, 0.05) is 24.8 Å². The maximum Gasteiger partial charge on any atom is 0.315 e. The van der Waals surface area contributed by atoms with Crippen molar-refractivity contribution in [3.63, 3.8) is 0 Å². The standard InChI is InChI=1S/C19H19FN4O/c1-14-9-15(7-8-18(14)20)10-21-19(25)22-11-16-12-23-24(13-16)17-5-3-2-4-6-17/h2-9,12-13H,10-11H2,1H3,(H2,21,22,25). The van der Waals surface area contributed by atoms with Gasteiger partial charge < -0.3 is 10.6 Å². The monoisotopic (exact) mass is 338 g/mol. The van der Waals surface area contributed by atoms with Gasteiger partial charge in [-0.25, -0.2) is 13.9 Å². The number of rotatable bonds is 5. The van der Waals surface area contributed by atoms with Crippen molar-refractivity contribution < 1.29 is 9.18 Å². The summed E-state index contributed by atoms with van der Waals surface area (Å²) in [6, 6.07) is 14.3. The number of nitrogens with one attached hydrogen (secondary N) is 2. The van der Waals surface area contributed by atoms with Crippen molar-refractivity contribution in [1.29, 1.82) is 0 Å². The molecule has 0 saturated heterocycles. The second-order valence-corrected chi connectivity index (χ2v) is 5.75. The van der Waals surface area contributed by atoms with Crippen LogP contribution in [0.25, 0.3) is 5.69 Å². The minimum absolute atomic E-state index is 0.247. The molecule has 0 radical (unpaired) electrons. The molecule has 0 atom stereocenters. The Hall–Kier alpha value is -3.15. The molecule has 128 valence electrons. The zero-order chi connectivity index (χ0) is 17.6. The summed E-state index contributed by atoms with van der Waals surface area (Å²) in [4.78, 5) is 11.9. The molecule has 1 heterocycles. The van der Waals surface area contributed by atoms with E-state index < -0.39 is 0 Å². The van der Waals surface area contributed by atoms with Crippen LogP contribution < -0.4 is 10.6 Å². The Labute approximate surface area is 145 Å². The Morgan fingerprint density at radius 1 is 1.08 bits per heavy atom. The molecule has 2 amide bonds. The minimum atomic E-state index is -0.283. The van der Waals surface area contributed by atoms with Gasteiger partial charge in [-0.1, -0.05) is 30.3 Å². The topological polar surface area (TPSA) is 59.0 Å². The molecular weight excluding hydrogens is 319 g/mol. The van der Waals surface area contributed by atoms with E-state index in [9.17, 15) is 9.18 Å². The molecule has 0 bridgehead atoms. The fraction of sp³-hybridized carbons (Fsp3) is 0.158. The molecule has 0 aliphatic heterocycles.